The zero-order valence-electron chi connectivity index (χ0n) is 11.8. The van der Waals surface area contributed by atoms with Crippen LogP contribution in [0.1, 0.15) is 19.8 Å². The van der Waals surface area contributed by atoms with Crippen LogP contribution in [0, 0.1) is 5.92 Å². The van der Waals surface area contributed by atoms with Crippen molar-refractivity contribution >= 4 is 33.3 Å². The van der Waals surface area contributed by atoms with Gasteiger partial charge in [-0.2, -0.15) is 4.98 Å². The first-order valence-electron chi connectivity index (χ1n) is 7.23. The number of likely N-dealkylation sites (tertiary alicyclic amines) is 1. The van der Waals surface area contributed by atoms with Crippen LogP contribution >= 0.6 is 11.3 Å². The van der Waals surface area contributed by atoms with Crippen molar-refractivity contribution in [2.75, 3.05) is 37.2 Å². The lowest BCUT2D eigenvalue weighted by molar-refractivity contribution is 0.198. The minimum Gasteiger partial charge on any atom is -0.369 e. The average Bonchev–Trinajstić information content (AvgIpc) is 2.93. The maximum Gasteiger partial charge on any atom is 0.223 e. The van der Waals surface area contributed by atoms with Crippen molar-refractivity contribution in [2.24, 2.45) is 5.92 Å². The molecule has 5 nitrogen and oxygen atoms in total. The van der Waals surface area contributed by atoms with Crippen molar-refractivity contribution in [3.05, 3.63) is 11.4 Å². The van der Waals surface area contributed by atoms with Gasteiger partial charge in [-0.05, 0) is 49.8 Å². The first-order chi connectivity index (χ1) is 9.76. The Labute approximate surface area is 123 Å². The third kappa shape index (κ3) is 2.86. The molecule has 1 aliphatic rings. The molecule has 1 fully saturated rings. The molecule has 3 rings (SSSR count). The highest BCUT2D eigenvalue weighted by molar-refractivity contribution is 7.16. The summed E-state index contributed by atoms with van der Waals surface area (Å²) < 4.78 is 0. The Hall–Kier alpha value is -1.40. The molecule has 3 N–H and O–H groups in total. The molecular formula is C14H21N5S. The smallest absolute Gasteiger partial charge is 0.223 e. The van der Waals surface area contributed by atoms with Crippen LogP contribution in [0.25, 0.3) is 10.2 Å². The number of fused-ring (bicyclic) bond motifs is 1. The number of anilines is 2. The molecule has 0 aromatic carbocycles. The number of nitrogens with two attached hydrogens (primary N) is 1. The third-order valence-corrected chi connectivity index (χ3v) is 4.86. The number of nitrogens with zero attached hydrogens (tertiary/aromatic N) is 3. The van der Waals surface area contributed by atoms with E-state index in [-0.39, 0.29) is 0 Å². The van der Waals surface area contributed by atoms with Crippen LogP contribution < -0.4 is 11.1 Å². The summed E-state index contributed by atoms with van der Waals surface area (Å²) in [6.45, 7) is 6.79. The quantitative estimate of drug-likeness (QED) is 0.905. The van der Waals surface area contributed by atoms with E-state index in [1.807, 2.05) is 5.38 Å². The van der Waals surface area contributed by atoms with Crippen molar-refractivity contribution in [3.8, 4) is 0 Å². The summed E-state index contributed by atoms with van der Waals surface area (Å²) in [4.78, 5) is 12.1. The van der Waals surface area contributed by atoms with E-state index in [9.17, 15) is 0 Å². The lowest BCUT2D eigenvalue weighted by Crippen LogP contribution is -2.35. The number of rotatable bonds is 4. The molecule has 0 bridgehead atoms. The number of hydrogen-bond donors (Lipinski definition) is 2. The molecule has 20 heavy (non-hydrogen) atoms. The Balaban J connectivity index is 1.64. The highest BCUT2D eigenvalue weighted by Gasteiger charge is 2.18. The van der Waals surface area contributed by atoms with Crippen LogP contribution in [0.4, 0.5) is 11.8 Å². The molecule has 2 aromatic rings. The Morgan fingerprint density at radius 1 is 1.40 bits per heavy atom. The summed E-state index contributed by atoms with van der Waals surface area (Å²) in [5.74, 6) is 1.96. The lowest BCUT2D eigenvalue weighted by Gasteiger charge is -2.31. The van der Waals surface area contributed by atoms with E-state index in [1.54, 1.807) is 11.3 Å². The number of aromatic nitrogens is 2. The largest absolute Gasteiger partial charge is 0.369 e. The van der Waals surface area contributed by atoms with Gasteiger partial charge in [-0.3, -0.25) is 0 Å². The first kappa shape index (κ1) is 13.6. The first-order valence-corrected chi connectivity index (χ1v) is 8.11. The van der Waals surface area contributed by atoms with E-state index in [0.29, 0.717) is 5.95 Å². The Morgan fingerprint density at radius 2 is 2.20 bits per heavy atom. The molecule has 0 unspecified atom stereocenters. The summed E-state index contributed by atoms with van der Waals surface area (Å²) in [7, 11) is 0. The van der Waals surface area contributed by atoms with Gasteiger partial charge in [0.25, 0.3) is 0 Å². The SMILES string of the molecule is CCN1CCC(CNc2nc(N)nc3sccc23)CC1. The topological polar surface area (TPSA) is 67.1 Å². The summed E-state index contributed by atoms with van der Waals surface area (Å²) in [5.41, 5.74) is 5.77. The molecule has 0 radical (unpaired) electrons. The highest BCUT2D eigenvalue weighted by atomic mass is 32.1. The average molecular weight is 291 g/mol. The van der Waals surface area contributed by atoms with E-state index < -0.39 is 0 Å². The van der Waals surface area contributed by atoms with Crippen LogP contribution in [-0.2, 0) is 0 Å². The Kier molecular flexibility index (Phi) is 4.03. The van der Waals surface area contributed by atoms with Gasteiger partial charge in [0.05, 0.1) is 5.39 Å². The molecular weight excluding hydrogens is 270 g/mol. The molecule has 1 aliphatic heterocycles. The number of piperidine rings is 1. The van der Waals surface area contributed by atoms with Gasteiger partial charge >= 0.3 is 0 Å². The monoisotopic (exact) mass is 291 g/mol. The summed E-state index contributed by atoms with van der Waals surface area (Å²) in [6, 6.07) is 2.06. The van der Waals surface area contributed by atoms with Crippen molar-refractivity contribution < 1.29 is 0 Å². The van der Waals surface area contributed by atoms with Gasteiger partial charge in [-0.1, -0.05) is 6.92 Å². The van der Waals surface area contributed by atoms with Gasteiger partial charge in [0.2, 0.25) is 5.95 Å². The van der Waals surface area contributed by atoms with E-state index in [2.05, 4.69) is 33.2 Å². The Bertz CT molecular complexity index is 574. The second kappa shape index (κ2) is 5.93. The zero-order chi connectivity index (χ0) is 13.9. The summed E-state index contributed by atoms with van der Waals surface area (Å²) in [5, 5.41) is 6.58. The van der Waals surface area contributed by atoms with Crippen molar-refractivity contribution in [1.29, 1.82) is 0 Å². The number of nitrogens with one attached hydrogen (secondary N) is 1. The number of nitrogen functional groups attached to an aromatic ring is 1. The van der Waals surface area contributed by atoms with Gasteiger partial charge in [0.1, 0.15) is 10.6 Å². The van der Waals surface area contributed by atoms with Gasteiger partial charge in [0, 0.05) is 6.54 Å². The minimum atomic E-state index is 0.350. The summed E-state index contributed by atoms with van der Waals surface area (Å²) >= 11 is 1.60. The van der Waals surface area contributed by atoms with Crippen molar-refractivity contribution in [2.45, 2.75) is 19.8 Å². The van der Waals surface area contributed by atoms with Gasteiger partial charge < -0.3 is 16.0 Å². The molecule has 0 amide bonds. The third-order valence-electron chi connectivity index (χ3n) is 4.05. The standard InChI is InChI=1S/C14H21N5S/c1-2-19-6-3-10(4-7-19)9-16-12-11-5-8-20-13(11)18-14(15)17-12/h5,8,10H,2-4,6-7,9H2,1H3,(H3,15,16,17,18). The van der Waals surface area contributed by atoms with E-state index in [0.717, 1.165) is 35.0 Å². The van der Waals surface area contributed by atoms with E-state index in [4.69, 9.17) is 5.73 Å². The molecule has 0 aliphatic carbocycles. The molecule has 0 atom stereocenters. The minimum absolute atomic E-state index is 0.350. The van der Waals surface area contributed by atoms with E-state index >= 15 is 0 Å². The second-order valence-corrected chi connectivity index (χ2v) is 6.22. The van der Waals surface area contributed by atoms with Crippen LogP contribution in [0.3, 0.4) is 0 Å². The molecule has 1 saturated heterocycles. The zero-order valence-corrected chi connectivity index (χ0v) is 12.6. The van der Waals surface area contributed by atoms with E-state index in [1.165, 1.54) is 25.9 Å². The maximum absolute atomic E-state index is 5.77. The molecule has 0 saturated carbocycles. The van der Waals surface area contributed by atoms with Crippen LogP contribution in [0.5, 0.6) is 0 Å². The fraction of sp³-hybridized carbons (Fsp3) is 0.571. The predicted octanol–water partition coefficient (Wildman–Crippen LogP) is 2.42. The molecule has 3 heterocycles. The van der Waals surface area contributed by atoms with Crippen molar-refractivity contribution in [1.82, 2.24) is 14.9 Å². The summed E-state index contributed by atoms with van der Waals surface area (Å²) in [6.07, 6.45) is 2.52. The predicted molar refractivity (Wildman–Crippen MR) is 85.2 cm³/mol. The normalized spacial score (nSPS) is 17.6. The van der Waals surface area contributed by atoms with Crippen LogP contribution in [-0.4, -0.2) is 41.0 Å². The number of hydrogen-bond acceptors (Lipinski definition) is 6. The maximum atomic E-state index is 5.77. The molecule has 0 spiro atoms. The lowest BCUT2D eigenvalue weighted by atomic mass is 9.97. The molecule has 6 heteroatoms. The number of thiophene rings is 1. The molecule has 2 aromatic heterocycles. The van der Waals surface area contributed by atoms with Crippen molar-refractivity contribution in [3.63, 3.8) is 0 Å². The van der Waals surface area contributed by atoms with Crippen LogP contribution in [0.15, 0.2) is 11.4 Å². The molecule has 108 valence electrons. The van der Waals surface area contributed by atoms with Crippen LogP contribution in [0.2, 0.25) is 0 Å². The van der Waals surface area contributed by atoms with Gasteiger partial charge in [-0.15, -0.1) is 11.3 Å². The second-order valence-electron chi connectivity index (χ2n) is 5.33. The fourth-order valence-electron chi connectivity index (χ4n) is 2.75. The Morgan fingerprint density at radius 3 is 2.95 bits per heavy atom. The van der Waals surface area contributed by atoms with Gasteiger partial charge in [-0.25, -0.2) is 4.98 Å². The highest BCUT2D eigenvalue weighted by Crippen LogP contribution is 2.26. The van der Waals surface area contributed by atoms with Gasteiger partial charge in [0.15, 0.2) is 0 Å². The fourth-order valence-corrected chi connectivity index (χ4v) is 3.53.